The Morgan fingerprint density at radius 3 is 2.74 bits per heavy atom. The summed E-state index contributed by atoms with van der Waals surface area (Å²) in [5.74, 6) is 0.0478. The second-order valence-electron chi connectivity index (χ2n) is 4.92. The summed E-state index contributed by atoms with van der Waals surface area (Å²) in [5, 5.41) is 12.6. The van der Waals surface area contributed by atoms with Gasteiger partial charge in [0, 0.05) is 11.0 Å². The van der Waals surface area contributed by atoms with E-state index in [-0.39, 0.29) is 0 Å². The maximum Gasteiger partial charge on any atom is 0.311 e. The normalized spacial score (nSPS) is 23.0. The van der Waals surface area contributed by atoms with Crippen LogP contribution < -0.4 is 10.1 Å². The average Bonchev–Trinajstić information content (AvgIpc) is 2.42. The number of hydrogen-bond acceptors (Lipinski definition) is 3. The minimum absolute atomic E-state index is 0.426. The van der Waals surface area contributed by atoms with Crippen molar-refractivity contribution in [3.8, 4) is 5.75 Å². The number of hydrogen-bond donors (Lipinski definition) is 2. The van der Waals surface area contributed by atoms with E-state index >= 15 is 0 Å². The van der Waals surface area contributed by atoms with Crippen molar-refractivity contribution in [1.82, 2.24) is 5.32 Å². The molecule has 0 aromatic heterocycles. The highest BCUT2D eigenvalue weighted by Crippen LogP contribution is 2.30. The van der Waals surface area contributed by atoms with E-state index in [1.165, 1.54) is 0 Å². The van der Waals surface area contributed by atoms with E-state index < -0.39 is 11.4 Å². The van der Waals surface area contributed by atoms with E-state index in [0.29, 0.717) is 19.6 Å². The molecule has 1 aliphatic rings. The van der Waals surface area contributed by atoms with Gasteiger partial charge in [-0.2, -0.15) is 0 Å². The van der Waals surface area contributed by atoms with Crippen molar-refractivity contribution in [2.45, 2.75) is 19.3 Å². The average molecular weight is 328 g/mol. The van der Waals surface area contributed by atoms with Crippen LogP contribution in [-0.4, -0.2) is 30.8 Å². The molecule has 0 amide bonds. The predicted octanol–water partition coefficient (Wildman–Crippen LogP) is 2.67. The lowest BCUT2D eigenvalue weighted by Gasteiger charge is -2.33. The molecule has 2 rings (SSSR count). The van der Waals surface area contributed by atoms with Gasteiger partial charge in [0.2, 0.25) is 0 Å². The Balaban J connectivity index is 1.89. The van der Waals surface area contributed by atoms with Gasteiger partial charge in [-0.05, 0) is 50.1 Å². The molecule has 0 bridgehead atoms. The van der Waals surface area contributed by atoms with E-state index in [0.717, 1.165) is 29.6 Å². The first-order valence-corrected chi connectivity index (χ1v) is 7.24. The molecule has 1 atom stereocenters. The molecule has 4 nitrogen and oxygen atoms in total. The summed E-state index contributed by atoms with van der Waals surface area (Å²) in [5.41, 5.74) is -0.673. The second kappa shape index (κ2) is 6.39. The molecule has 19 heavy (non-hydrogen) atoms. The van der Waals surface area contributed by atoms with Crippen LogP contribution in [0.4, 0.5) is 0 Å². The van der Waals surface area contributed by atoms with Gasteiger partial charge in [0.15, 0.2) is 0 Å². The number of carboxylic acid groups (broad SMARTS) is 1. The maximum absolute atomic E-state index is 11.5. The number of piperidine rings is 1. The zero-order valence-corrected chi connectivity index (χ0v) is 12.3. The summed E-state index contributed by atoms with van der Waals surface area (Å²) in [7, 11) is 0. The topological polar surface area (TPSA) is 58.6 Å². The molecule has 1 aliphatic heterocycles. The van der Waals surface area contributed by atoms with Crippen LogP contribution in [0.15, 0.2) is 28.7 Å². The Kier molecular flexibility index (Phi) is 4.82. The summed E-state index contributed by atoms with van der Waals surface area (Å²) in [4.78, 5) is 11.5. The van der Waals surface area contributed by atoms with Crippen LogP contribution in [-0.2, 0) is 4.79 Å². The van der Waals surface area contributed by atoms with E-state index in [4.69, 9.17) is 4.74 Å². The highest BCUT2D eigenvalue weighted by atomic mass is 79.9. The molecule has 5 heteroatoms. The van der Waals surface area contributed by atoms with Crippen molar-refractivity contribution in [3.63, 3.8) is 0 Å². The van der Waals surface area contributed by atoms with Crippen LogP contribution in [0.1, 0.15) is 19.3 Å². The molecule has 1 aromatic rings. The van der Waals surface area contributed by atoms with Crippen LogP contribution in [0.5, 0.6) is 5.75 Å². The Labute approximate surface area is 121 Å². The van der Waals surface area contributed by atoms with Gasteiger partial charge in [0.25, 0.3) is 0 Å². The number of rotatable bonds is 5. The fraction of sp³-hybridized carbons (Fsp3) is 0.500. The quantitative estimate of drug-likeness (QED) is 0.872. The molecule has 1 fully saturated rings. The van der Waals surface area contributed by atoms with Crippen LogP contribution in [0.25, 0.3) is 0 Å². The lowest BCUT2D eigenvalue weighted by molar-refractivity contribution is -0.151. The van der Waals surface area contributed by atoms with Crippen molar-refractivity contribution in [1.29, 1.82) is 0 Å². The maximum atomic E-state index is 11.5. The number of carboxylic acids is 1. The van der Waals surface area contributed by atoms with Gasteiger partial charge < -0.3 is 15.2 Å². The first kappa shape index (κ1) is 14.3. The van der Waals surface area contributed by atoms with Crippen molar-refractivity contribution < 1.29 is 14.6 Å². The Hall–Kier alpha value is -1.07. The van der Waals surface area contributed by atoms with Gasteiger partial charge in [0.05, 0.1) is 12.0 Å². The van der Waals surface area contributed by atoms with Crippen molar-refractivity contribution in [3.05, 3.63) is 28.7 Å². The lowest BCUT2D eigenvalue weighted by atomic mass is 9.78. The molecule has 1 saturated heterocycles. The summed E-state index contributed by atoms with van der Waals surface area (Å²) in [6.45, 7) is 1.87. The smallest absolute Gasteiger partial charge is 0.311 e. The molecule has 0 radical (unpaired) electrons. The lowest BCUT2D eigenvalue weighted by Crippen LogP contribution is -2.46. The fourth-order valence-electron chi connectivity index (χ4n) is 2.37. The first-order chi connectivity index (χ1) is 9.12. The third kappa shape index (κ3) is 3.70. The Morgan fingerprint density at radius 1 is 1.42 bits per heavy atom. The van der Waals surface area contributed by atoms with E-state index in [1.54, 1.807) is 0 Å². The Bertz CT molecular complexity index is 427. The standard InChI is InChI=1S/C14H18BrNO3/c15-11-2-4-12(5-3-11)19-9-7-14(13(17)18)6-1-8-16-10-14/h2-5,16H,1,6-10H2,(H,17,18). The molecule has 104 valence electrons. The van der Waals surface area contributed by atoms with Gasteiger partial charge >= 0.3 is 5.97 Å². The van der Waals surface area contributed by atoms with Crippen molar-refractivity contribution >= 4 is 21.9 Å². The van der Waals surface area contributed by atoms with Gasteiger partial charge in [0.1, 0.15) is 5.75 Å². The first-order valence-electron chi connectivity index (χ1n) is 6.45. The number of nitrogens with one attached hydrogen (secondary N) is 1. The van der Waals surface area contributed by atoms with Gasteiger partial charge in [-0.3, -0.25) is 4.79 Å². The Morgan fingerprint density at radius 2 is 2.16 bits per heavy atom. The molecular weight excluding hydrogens is 310 g/mol. The van der Waals surface area contributed by atoms with Crippen molar-refractivity contribution in [2.24, 2.45) is 5.41 Å². The minimum atomic E-state index is -0.723. The zero-order valence-electron chi connectivity index (χ0n) is 10.7. The summed E-state index contributed by atoms with van der Waals surface area (Å²) in [6, 6.07) is 7.56. The summed E-state index contributed by atoms with van der Waals surface area (Å²) < 4.78 is 6.63. The highest BCUT2D eigenvalue weighted by molar-refractivity contribution is 9.10. The zero-order chi connectivity index (χ0) is 13.7. The van der Waals surface area contributed by atoms with E-state index in [2.05, 4.69) is 21.2 Å². The molecular formula is C14H18BrNO3. The van der Waals surface area contributed by atoms with E-state index in [9.17, 15) is 9.90 Å². The SMILES string of the molecule is O=C(O)C1(CCOc2ccc(Br)cc2)CCCNC1. The van der Waals surface area contributed by atoms with Gasteiger partial charge in [-0.1, -0.05) is 15.9 Å². The summed E-state index contributed by atoms with van der Waals surface area (Å²) in [6.07, 6.45) is 2.16. The molecule has 0 spiro atoms. The second-order valence-corrected chi connectivity index (χ2v) is 5.83. The largest absolute Gasteiger partial charge is 0.494 e. The minimum Gasteiger partial charge on any atom is -0.494 e. The number of benzene rings is 1. The third-order valence-corrected chi connectivity index (χ3v) is 4.12. The molecule has 1 aromatic carbocycles. The van der Waals surface area contributed by atoms with Gasteiger partial charge in [-0.25, -0.2) is 0 Å². The van der Waals surface area contributed by atoms with E-state index in [1.807, 2.05) is 24.3 Å². The number of carbonyl (C=O) groups is 1. The highest BCUT2D eigenvalue weighted by Gasteiger charge is 2.39. The monoisotopic (exact) mass is 327 g/mol. The number of ether oxygens (including phenoxy) is 1. The van der Waals surface area contributed by atoms with Crippen LogP contribution in [0, 0.1) is 5.41 Å². The fourth-order valence-corrected chi connectivity index (χ4v) is 2.63. The van der Waals surface area contributed by atoms with Gasteiger partial charge in [-0.15, -0.1) is 0 Å². The third-order valence-electron chi connectivity index (χ3n) is 3.59. The molecule has 1 unspecified atom stereocenters. The molecule has 1 heterocycles. The molecule has 2 N–H and O–H groups in total. The van der Waals surface area contributed by atoms with Crippen molar-refractivity contribution in [2.75, 3.05) is 19.7 Å². The number of halogens is 1. The van der Waals surface area contributed by atoms with Crippen LogP contribution >= 0.6 is 15.9 Å². The predicted molar refractivity (Wildman–Crippen MR) is 76.4 cm³/mol. The molecule has 0 aliphatic carbocycles. The van der Waals surface area contributed by atoms with Crippen LogP contribution in [0.2, 0.25) is 0 Å². The number of aliphatic carboxylic acids is 1. The molecule has 0 saturated carbocycles. The van der Waals surface area contributed by atoms with Crippen LogP contribution in [0.3, 0.4) is 0 Å². The summed E-state index contributed by atoms with van der Waals surface area (Å²) >= 11 is 3.36.